The van der Waals surface area contributed by atoms with Crippen molar-refractivity contribution < 1.29 is 21.4 Å². The molecule has 1 aliphatic heterocycles. The first-order valence-electron chi connectivity index (χ1n) is 8.40. The van der Waals surface area contributed by atoms with Crippen LogP contribution in [0.4, 0.5) is 0 Å². The highest BCUT2D eigenvalue weighted by molar-refractivity contribution is 7.89. The van der Waals surface area contributed by atoms with Crippen molar-refractivity contribution in [3.8, 4) is 0 Å². The number of fused-ring (bicyclic) bond motifs is 1. The number of hydrogen-bond donors (Lipinski definition) is 1. The first-order valence-corrected chi connectivity index (χ1v) is 11.7. The number of nitrogens with zero attached hydrogens (tertiary/aromatic N) is 3. The lowest BCUT2D eigenvalue weighted by molar-refractivity contribution is 0.259. The molecule has 0 bridgehead atoms. The Kier molecular flexibility index (Phi) is 4.71. The predicted octanol–water partition coefficient (Wildman–Crippen LogP) is -0.000980. The molecule has 1 aromatic rings. The third kappa shape index (κ3) is 3.34. The standard InChI is InChI=1S/C14H24N4O5S2/c1-4-24(19,20)17-12-6-11-8-18(25(21,22)5-2)9-14(11,7-12)13-15-10(3)16-23-13/h11-12,17H,4-9H2,1-3H3/t11?,12-,14+/m1/s1. The van der Waals surface area contributed by atoms with Crippen LogP contribution in [0.2, 0.25) is 0 Å². The van der Waals surface area contributed by atoms with E-state index >= 15 is 0 Å². The molecule has 2 heterocycles. The Balaban J connectivity index is 1.93. The van der Waals surface area contributed by atoms with Gasteiger partial charge in [-0.2, -0.15) is 4.98 Å². The van der Waals surface area contributed by atoms with Crippen molar-refractivity contribution in [1.29, 1.82) is 0 Å². The fourth-order valence-electron chi connectivity index (χ4n) is 3.98. The maximum atomic E-state index is 12.3. The van der Waals surface area contributed by atoms with Gasteiger partial charge in [0.2, 0.25) is 25.9 Å². The molecule has 25 heavy (non-hydrogen) atoms. The van der Waals surface area contributed by atoms with Gasteiger partial charge in [-0.3, -0.25) is 0 Å². The van der Waals surface area contributed by atoms with E-state index in [1.807, 2.05) is 0 Å². The summed E-state index contributed by atoms with van der Waals surface area (Å²) in [5.74, 6) is 0.875. The molecule has 1 saturated carbocycles. The highest BCUT2D eigenvalue weighted by atomic mass is 32.2. The normalized spacial score (nSPS) is 30.7. The van der Waals surface area contributed by atoms with Gasteiger partial charge in [0.25, 0.3) is 0 Å². The first kappa shape index (κ1) is 18.7. The molecule has 1 N–H and O–H groups in total. The molecule has 11 heteroatoms. The van der Waals surface area contributed by atoms with Crippen LogP contribution < -0.4 is 4.72 Å². The fraction of sp³-hybridized carbons (Fsp3) is 0.857. The quantitative estimate of drug-likeness (QED) is 0.723. The number of aryl methyl sites for hydroxylation is 1. The van der Waals surface area contributed by atoms with Crippen molar-refractivity contribution in [1.82, 2.24) is 19.2 Å². The summed E-state index contributed by atoms with van der Waals surface area (Å²) in [6, 6.07) is -0.256. The average molecular weight is 393 g/mol. The molecule has 0 spiro atoms. The first-order chi connectivity index (χ1) is 11.6. The van der Waals surface area contributed by atoms with E-state index in [0.29, 0.717) is 31.1 Å². The average Bonchev–Trinajstić information content (AvgIpc) is 3.19. The monoisotopic (exact) mass is 392 g/mol. The molecular formula is C14H24N4O5S2. The summed E-state index contributed by atoms with van der Waals surface area (Å²) < 4.78 is 58.1. The van der Waals surface area contributed by atoms with Crippen LogP contribution in [0.5, 0.6) is 0 Å². The van der Waals surface area contributed by atoms with Crippen molar-refractivity contribution >= 4 is 20.0 Å². The number of aromatic nitrogens is 2. The minimum Gasteiger partial charge on any atom is -0.339 e. The molecule has 3 atom stereocenters. The van der Waals surface area contributed by atoms with Gasteiger partial charge in [0.05, 0.1) is 16.9 Å². The van der Waals surface area contributed by atoms with E-state index in [1.54, 1.807) is 20.8 Å². The van der Waals surface area contributed by atoms with Crippen LogP contribution in [0.1, 0.15) is 38.4 Å². The van der Waals surface area contributed by atoms with Gasteiger partial charge >= 0.3 is 0 Å². The van der Waals surface area contributed by atoms with Gasteiger partial charge in [-0.05, 0) is 39.5 Å². The molecule has 0 radical (unpaired) electrons. The van der Waals surface area contributed by atoms with Gasteiger partial charge in [0.1, 0.15) is 0 Å². The highest BCUT2D eigenvalue weighted by Crippen LogP contribution is 2.50. The van der Waals surface area contributed by atoms with E-state index in [2.05, 4.69) is 14.9 Å². The van der Waals surface area contributed by atoms with Gasteiger partial charge in [-0.1, -0.05) is 5.16 Å². The van der Waals surface area contributed by atoms with E-state index < -0.39 is 25.5 Å². The third-order valence-corrected chi connectivity index (χ3v) is 8.53. The van der Waals surface area contributed by atoms with Crippen LogP contribution in [0.3, 0.4) is 0 Å². The van der Waals surface area contributed by atoms with E-state index in [4.69, 9.17) is 4.52 Å². The summed E-state index contributed by atoms with van der Waals surface area (Å²) >= 11 is 0. The molecule has 1 saturated heterocycles. The number of hydrogen-bond acceptors (Lipinski definition) is 7. The molecule has 2 fully saturated rings. The molecule has 0 amide bonds. The molecule has 142 valence electrons. The number of rotatable bonds is 6. The summed E-state index contributed by atoms with van der Waals surface area (Å²) in [4.78, 5) is 4.34. The lowest BCUT2D eigenvalue weighted by Gasteiger charge is -2.25. The van der Waals surface area contributed by atoms with Crippen molar-refractivity contribution in [3.63, 3.8) is 0 Å². The van der Waals surface area contributed by atoms with Gasteiger partial charge in [-0.25, -0.2) is 25.9 Å². The van der Waals surface area contributed by atoms with Gasteiger partial charge in [0, 0.05) is 19.1 Å². The lowest BCUT2D eigenvalue weighted by atomic mass is 9.80. The zero-order valence-electron chi connectivity index (χ0n) is 14.6. The van der Waals surface area contributed by atoms with Crippen molar-refractivity contribution in [3.05, 3.63) is 11.7 Å². The maximum Gasteiger partial charge on any atom is 0.234 e. The van der Waals surface area contributed by atoms with E-state index in [1.165, 1.54) is 4.31 Å². The zero-order chi connectivity index (χ0) is 18.5. The molecule has 1 unspecified atom stereocenters. The van der Waals surface area contributed by atoms with Crippen molar-refractivity contribution in [2.75, 3.05) is 24.6 Å². The summed E-state index contributed by atoms with van der Waals surface area (Å²) in [6.07, 6.45) is 1.00. The van der Waals surface area contributed by atoms with E-state index in [0.717, 1.165) is 0 Å². The highest BCUT2D eigenvalue weighted by Gasteiger charge is 2.59. The summed E-state index contributed by atoms with van der Waals surface area (Å²) in [7, 11) is -6.66. The minimum absolute atomic E-state index is 0.0111. The SMILES string of the molecule is CCS(=O)(=O)N[C@@H]1CC2CN(S(=O)(=O)CC)C[C@@]2(c2nc(C)no2)C1. The second kappa shape index (κ2) is 6.29. The molecular weight excluding hydrogens is 368 g/mol. The Bertz CT molecular complexity index is 850. The Labute approximate surface area is 148 Å². The molecule has 2 aliphatic rings. The molecule has 1 aliphatic carbocycles. The summed E-state index contributed by atoms with van der Waals surface area (Å²) in [6.45, 7) is 5.51. The van der Waals surface area contributed by atoms with Gasteiger partial charge < -0.3 is 4.52 Å². The molecule has 0 aromatic carbocycles. The second-order valence-corrected chi connectivity index (χ2v) is 11.2. The number of sulfonamides is 2. The predicted molar refractivity (Wildman–Crippen MR) is 90.9 cm³/mol. The minimum atomic E-state index is -3.33. The number of nitrogens with one attached hydrogen (secondary N) is 1. The Morgan fingerprint density at radius 2 is 2.00 bits per heavy atom. The van der Waals surface area contributed by atoms with Crippen LogP contribution in [-0.2, 0) is 25.5 Å². The summed E-state index contributed by atoms with van der Waals surface area (Å²) in [5.41, 5.74) is -0.634. The third-order valence-electron chi connectivity index (χ3n) is 5.28. The van der Waals surface area contributed by atoms with E-state index in [-0.39, 0.29) is 30.0 Å². The van der Waals surface area contributed by atoms with Gasteiger partial charge in [-0.15, -0.1) is 0 Å². The fourth-order valence-corrected chi connectivity index (χ4v) is 6.03. The second-order valence-electron chi connectivity index (χ2n) is 6.85. The maximum absolute atomic E-state index is 12.3. The largest absolute Gasteiger partial charge is 0.339 e. The topological polar surface area (TPSA) is 122 Å². The summed E-state index contributed by atoms with van der Waals surface area (Å²) in [5, 5.41) is 3.85. The van der Waals surface area contributed by atoms with E-state index in [9.17, 15) is 16.8 Å². The van der Waals surface area contributed by atoms with Crippen LogP contribution in [-0.4, -0.2) is 61.9 Å². The van der Waals surface area contributed by atoms with Crippen LogP contribution in [0.15, 0.2) is 4.52 Å². The van der Waals surface area contributed by atoms with Crippen LogP contribution in [0, 0.1) is 12.8 Å². The van der Waals surface area contributed by atoms with Crippen LogP contribution >= 0.6 is 0 Å². The molecule has 9 nitrogen and oxygen atoms in total. The molecule has 3 rings (SSSR count). The smallest absolute Gasteiger partial charge is 0.234 e. The van der Waals surface area contributed by atoms with Crippen molar-refractivity contribution in [2.45, 2.75) is 45.1 Å². The Morgan fingerprint density at radius 3 is 2.56 bits per heavy atom. The Morgan fingerprint density at radius 1 is 1.28 bits per heavy atom. The van der Waals surface area contributed by atoms with Crippen LogP contribution in [0.25, 0.3) is 0 Å². The zero-order valence-corrected chi connectivity index (χ0v) is 16.2. The Hall–Kier alpha value is -1.04. The van der Waals surface area contributed by atoms with Crippen molar-refractivity contribution in [2.24, 2.45) is 5.92 Å². The molecule has 1 aromatic heterocycles. The van der Waals surface area contributed by atoms with Gasteiger partial charge in [0.15, 0.2) is 5.82 Å². The lowest BCUT2D eigenvalue weighted by Crippen LogP contribution is -2.40.